The molecule has 1 unspecified atom stereocenters. The van der Waals surface area contributed by atoms with E-state index in [2.05, 4.69) is 29.2 Å². The second kappa shape index (κ2) is 4.49. The summed E-state index contributed by atoms with van der Waals surface area (Å²) in [7, 11) is 2.12. The molecule has 1 aromatic rings. The molecule has 0 saturated heterocycles. The molecule has 1 fully saturated rings. The predicted octanol–water partition coefficient (Wildman–Crippen LogP) is 1.88. The zero-order chi connectivity index (χ0) is 10.8. The van der Waals surface area contributed by atoms with Gasteiger partial charge in [0.15, 0.2) is 5.13 Å². The van der Waals surface area contributed by atoms with Gasteiger partial charge in [-0.1, -0.05) is 6.92 Å². The fourth-order valence-corrected chi connectivity index (χ4v) is 2.84. The summed E-state index contributed by atoms with van der Waals surface area (Å²) in [6.07, 6.45) is 3.68. The minimum atomic E-state index is 0.487. The van der Waals surface area contributed by atoms with Crippen LogP contribution in [-0.4, -0.2) is 24.6 Å². The molecule has 0 radical (unpaired) electrons. The third-order valence-electron chi connectivity index (χ3n) is 3.11. The molecule has 1 aliphatic carbocycles. The number of hydrogen-bond acceptors (Lipinski definition) is 4. The van der Waals surface area contributed by atoms with Gasteiger partial charge in [0, 0.05) is 25.0 Å². The predicted molar refractivity (Wildman–Crippen MR) is 65.5 cm³/mol. The van der Waals surface area contributed by atoms with E-state index in [1.807, 2.05) is 0 Å². The highest BCUT2D eigenvalue weighted by Gasteiger charge is 2.33. The zero-order valence-corrected chi connectivity index (χ0v) is 10.3. The second-order valence-electron chi connectivity index (χ2n) is 4.23. The van der Waals surface area contributed by atoms with Crippen molar-refractivity contribution in [1.82, 2.24) is 4.98 Å². The molecular formula is C11H19N3S. The lowest BCUT2D eigenvalue weighted by molar-refractivity contribution is 0.569. The van der Waals surface area contributed by atoms with Gasteiger partial charge in [-0.05, 0) is 25.2 Å². The Morgan fingerprint density at radius 2 is 2.40 bits per heavy atom. The maximum absolute atomic E-state index is 5.83. The molecule has 0 amide bonds. The van der Waals surface area contributed by atoms with Crippen LogP contribution in [0.4, 0.5) is 5.13 Å². The van der Waals surface area contributed by atoms with Gasteiger partial charge in [-0.2, -0.15) is 0 Å². The highest BCUT2D eigenvalue weighted by molar-refractivity contribution is 7.13. The van der Waals surface area contributed by atoms with Crippen LogP contribution >= 0.6 is 11.3 Å². The Labute approximate surface area is 95.3 Å². The maximum atomic E-state index is 5.83. The summed E-state index contributed by atoms with van der Waals surface area (Å²) in [4.78, 5) is 6.86. The van der Waals surface area contributed by atoms with Crippen LogP contribution in [0.25, 0.3) is 0 Å². The molecule has 0 spiro atoms. The van der Waals surface area contributed by atoms with Crippen LogP contribution in [0.5, 0.6) is 0 Å². The molecule has 0 aliphatic heterocycles. The van der Waals surface area contributed by atoms with E-state index in [1.165, 1.54) is 18.5 Å². The van der Waals surface area contributed by atoms with Crippen LogP contribution in [0.1, 0.15) is 25.5 Å². The fraction of sp³-hybridized carbons (Fsp3) is 0.727. The molecular weight excluding hydrogens is 206 g/mol. The van der Waals surface area contributed by atoms with Crippen LogP contribution in [0.15, 0.2) is 5.38 Å². The van der Waals surface area contributed by atoms with Gasteiger partial charge in [0.1, 0.15) is 0 Å². The van der Waals surface area contributed by atoms with Crippen molar-refractivity contribution in [1.29, 1.82) is 0 Å². The van der Waals surface area contributed by atoms with Crippen molar-refractivity contribution < 1.29 is 0 Å². The number of aromatic nitrogens is 1. The van der Waals surface area contributed by atoms with Crippen LogP contribution in [0, 0.1) is 5.92 Å². The van der Waals surface area contributed by atoms with Gasteiger partial charge in [0.2, 0.25) is 0 Å². The number of hydrogen-bond donors (Lipinski definition) is 1. The van der Waals surface area contributed by atoms with E-state index in [0.29, 0.717) is 6.04 Å². The third kappa shape index (κ3) is 2.32. The number of aryl methyl sites for hydroxylation is 1. The van der Waals surface area contributed by atoms with Gasteiger partial charge in [0.05, 0.1) is 5.69 Å². The zero-order valence-electron chi connectivity index (χ0n) is 9.44. The first-order valence-electron chi connectivity index (χ1n) is 5.63. The molecule has 2 rings (SSSR count). The average Bonchev–Trinajstić information content (AvgIpc) is 2.97. The molecule has 0 aromatic carbocycles. The maximum Gasteiger partial charge on any atom is 0.185 e. The number of likely N-dealkylation sites (N-methyl/N-ethyl adjacent to an activating group) is 1. The molecule has 15 heavy (non-hydrogen) atoms. The van der Waals surface area contributed by atoms with Crippen molar-refractivity contribution in [2.45, 2.75) is 32.2 Å². The number of nitrogens with two attached hydrogens (primary N) is 1. The minimum absolute atomic E-state index is 0.487. The monoisotopic (exact) mass is 225 g/mol. The second-order valence-corrected chi connectivity index (χ2v) is 5.06. The highest BCUT2D eigenvalue weighted by atomic mass is 32.1. The Morgan fingerprint density at radius 1 is 1.67 bits per heavy atom. The quantitative estimate of drug-likeness (QED) is 0.832. The number of rotatable bonds is 5. The molecule has 2 N–H and O–H groups in total. The van der Waals surface area contributed by atoms with Crippen molar-refractivity contribution in [3.8, 4) is 0 Å². The van der Waals surface area contributed by atoms with Crippen molar-refractivity contribution >= 4 is 16.5 Å². The van der Waals surface area contributed by atoms with Crippen LogP contribution < -0.4 is 10.6 Å². The Bertz CT molecular complexity index is 319. The largest absolute Gasteiger partial charge is 0.347 e. The topological polar surface area (TPSA) is 42.1 Å². The van der Waals surface area contributed by atoms with Crippen molar-refractivity contribution in [3.63, 3.8) is 0 Å². The first-order chi connectivity index (χ1) is 7.26. The molecule has 84 valence electrons. The van der Waals surface area contributed by atoms with Crippen molar-refractivity contribution in [2.24, 2.45) is 11.7 Å². The van der Waals surface area contributed by atoms with Gasteiger partial charge in [0.25, 0.3) is 0 Å². The molecule has 3 nitrogen and oxygen atoms in total. The van der Waals surface area contributed by atoms with Crippen LogP contribution in [0.3, 0.4) is 0 Å². The summed E-state index contributed by atoms with van der Waals surface area (Å²) in [5.74, 6) is 0.800. The molecule has 1 aliphatic rings. The fourth-order valence-electron chi connectivity index (χ4n) is 1.91. The molecule has 1 aromatic heterocycles. The number of anilines is 1. The van der Waals surface area contributed by atoms with E-state index < -0.39 is 0 Å². The summed E-state index contributed by atoms with van der Waals surface area (Å²) in [6, 6.07) is 0.487. The van der Waals surface area contributed by atoms with Gasteiger partial charge < -0.3 is 10.6 Å². The number of thiazole rings is 1. The Balaban J connectivity index is 2.07. The number of nitrogens with zero attached hydrogens (tertiary/aromatic N) is 2. The smallest absolute Gasteiger partial charge is 0.185 e. The summed E-state index contributed by atoms with van der Waals surface area (Å²) in [5.41, 5.74) is 7.01. The summed E-state index contributed by atoms with van der Waals surface area (Å²) in [5, 5.41) is 3.26. The summed E-state index contributed by atoms with van der Waals surface area (Å²) < 4.78 is 0. The summed E-state index contributed by atoms with van der Waals surface area (Å²) in [6.45, 7) is 2.88. The van der Waals surface area contributed by atoms with Gasteiger partial charge in [-0.25, -0.2) is 4.98 Å². The molecule has 4 heteroatoms. The standard InChI is InChI=1S/C11H19N3S/c1-3-9-7-15-11(13-9)14(2)10(6-12)8-4-5-8/h7-8,10H,3-6,12H2,1-2H3. The molecule has 1 saturated carbocycles. The van der Waals surface area contributed by atoms with E-state index in [4.69, 9.17) is 5.73 Å². The van der Waals surface area contributed by atoms with Crippen molar-refractivity contribution in [2.75, 3.05) is 18.5 Å². The van der Waals surface area contributed by atoms with E-state index in [9.17, 15) is 0 Å². The van der Waals surface area contributed by atoms with E-state index >= 15 is 0 Å². The van der Waals surface area contributed by atoms with Gasteiger partial charge in [-0.3, -0.25) is 0 Å². The van der Waals surface area contributed by atoms with E-state index in [-0.39, 0.29) is 0 Å². The minimum Gasteiger partial charge on any atom is -0.347 e. The van der Waals surface area contributed by atoms with Crippen LogP contribution in [-0.2, 0) is 6.42 Å². The lowest BCUT2D eigenvalue weighted by atomic mass is 10.2. The Morgan fingerprint density at radius 3 is 2.87 bits per heavy atom. The normalized spacial score (nSPS) is 17.8. The van der Waals surface area contributed by atoms with Gasteiger partial charge in [-0.15, -0.1) is 11.3 Å². The molecule has 0 bridgehead atoms. The van der Waals surface area contributed by atoms with E-state index in [1.54, 1.807) is 11.3 Å². The molecule has 1 heterocycles. The Kier molecular flexibility index (Phi) is 3.26. The first kappa shape index (κ1) is 10.9. The third-order valence-corrected chi connectivity index (χ3v) is 4.09. The summed E-state index contributed by atoms with van der Waals surface area (Å²) >= 11 is 1.73. The lowest BCUT2D eigenvalue weighted by Crippen LogP contribution is -2.39. The van der Waals surface area contributed by atoms with Gasteiger partial charge >= 0.3 is 0 Å². The van der Waals surface area contributed by atoms with Crippen LogP contribution in [0.2, 0.25) is 0 Å². The SMILES string of the molecule is CCc1csc(N(C)C(CN)C2CC2)n1. The molecule has 1 atom stereocenters. The van der Waals surface area contributed by atoms with Crippen molar-refractivity contribution in [3.05, 3.63) is 11.1 Å². The Hall–Kier alpha value is -0.610. The average molecular weight is 225 g/mol. The highest BCUT2D eigenvalue weighted by Crippen LogP contribution is 2.36. The lowest BCUT2D eigenvalue weighted by Gasteiger charge is -2.26. The van der Waals surface area contributed by atoms with E-state index in [0.717, 1.165) is 24.0 Å². The first-order valence-corrected chi connectivity index (χ1v) is 6.51.